The van der Waals surface area contributed by atoms with Crippen LogP contribution in [0.1, 0.15) is 12.0 Å². The van der Waals surface area contributed by atoms with Crippen molar-refractivity contribution < 1.29 is 17.9 Å². The summed E-state index contributed by atoms with van der Waals surface area (Å²) in [6.07, 6.45) is -1.57. The number of pyridine rings is 1. The van der Waals surface area contributed by atoms with Gasteiger partial charge in [-0.25, -0.2) is 9.98 Å². The Labute approximate surface area is 159 Å². The molecule has 5 nitrogen and oxygen atoms in total. The highest BCUT2D eigenvalue weighted by atomic mass is 35.5. The molecule has 0 unspecified atom stereocenters. The van der Waals surface area contributed by atoms with Gasteiger partial charge in [0.2, 0.25) is 0 Å². The number of aryl methyl sites for hydroxylation is 1. The van der Waals surface area contributed by atoms with Gasteiger partial charge in [0.15, 0.2) is 0 Å². The minimum atomic E-state index is -4.37. The van der Waals surface area contributed by atoms with Gasteiger partial charge in [0.25, 0.3) is 6.02 Å². The summed E-state index contributed by atoms with van der Waals surface area (Å²) >= 11 is 5.78. The monoisotopic (exact) mass is 398 g/mol. The molecule has 0 amide bonds. The van der Waals surface area contributed by atoms with Gasteiger partial charge in [0.05, 0.1) is 11.1 Å². The summed E-state index contributed by atoms with van der Waals surface area (Å²) in [7, 11) is 0. The molecule has 0 bridgehead atoms. The molecular weight excluding hydrogens is 381 g/mol. The number of nitrogens with two attached hydrogens (primary N) is 1. The minimum absolute atomic E-state index is 0.0182. The van der Waals surface area contributed by atoms with Crippen LogP contribution in [-0.4, -0.2) is 36.4 Å². The SMILES string of the molecule is NC1=N[C@@H](CCc2ccc(N(CC(F)(F)F)c3ccc(Cl)cn3)cc2)CO1. The third kappa shape index (κ3) is 5.50. The zero-order valence-electron chi connectivity index (χ0n) is 14.3. The summed E-state index contributed by atoms with van der Waals surface area (Å²) in [5.74, 6) is 0.178. The highest BCUT2D eigenvalue weighted by Crippen LogP contribution is 2.29. The first kappa shape index (κ1) is 19.3. The average molecular weight is 399 g/mol. The molecule has 2 aromatic rings. The van der Waals surface area contributed by atoms with Crippen LogP contribution in [0.4, 0.5) is 24.7 Å². The van der Waals surface area contributed by atoms with E-state index in [4.69, 9.17) is 22.1 Å². The van der Waals surface area contributed by atoms with Crippen LogP contribution in [0.2, 0.25) is 5.02 Å². The Bertz CT molecular complexity index is 794. The summed E-state index contributed by atoms with van der Waals surface area (Å²) in [5.41, 5.74) is 6.87. The Morgan fingerprint density at radius 1 is 1.19 bits per heavy atom. The van der Waals surface area contributed by atoms with Gasteiger partial charge < -0.3 is 15.4 Å². The second-order valence-electron chi connectivity index (χ2n) is 6.17. The van der Waals surface area contributed by atoms with Crippen molar-refractivity contribution in [3.8, 4) is 0 Å². The van der Waals surface area contributed by atoms with Gasteiger partial charge in [-0.05, 0) is 42.7 Å². The predicted molar refractivity (Wildman–Crippen MR) is 98.4 cm³/mol. The Balaban J connectivity index is 1.73. The second-order valence-corrected chi connectivity index (χ2v) is 6.61. The first-order valence-corrected chi connectivity index (χ1v) is 8.69. The lowest BCUT2D eigenvalue weighted by Crippen LogP contribution is -2.31. The Kier molecular flexibility index (Phi) is 5.74. The van der Waals surface area contributed by atoms with Crippen LogP contribution in [0.15, 0.2) is 47.6 Å². The normalized spacial score (nSPS) is 16.7. The van der Waals surface area contributed by atoms with E-state index < -0.39 is 12.7 Å². The quantitative estimate of drug-likeness (QED) is 0.796. The fraction of sp³-hybridized carbons (Fsp3) is 0.333. The van der Waals surface area contributed by atoms with Crippen molar-refractivity contribution in [1.82, 2.24) is 4.98 Å². The van der Waals surface area contributed by atoms with Crippen molar-refractivity contribution in [2.75, 3.05) is 18.1 Å². The zero-order valence-corrected chi connectivity index (χ0v) is 15.0. The van der Waals surface area contributed by atoms with Gasteiger partial charge in [-0.15, -0.1) is 0 Å². The van der Waals surface area contributed by atoms with Gasteiger partial charge in [-0.1, -0.05) is 23.7 Å². The maximum Gasteiger partial charge on any atom is 0.406 e. The molecule has 1 aliphatic heterocycles. The van der Waals surface area contributed by atoms with Gasteiger partial charge in [0.1, 0.15) is 19.0 Å². The van der Waals surface area contributed by atoms with Crippen LogP contribution in [0.25, 0.3) is 0 Å². The Morgan fingerprint density at radius 3 is 2.48 bits per heavy atom. The molecule has 0 spiro atoms. The summed E-state index contributed by atoms with van der Waals surface area (Å²) in [6.45, 7) is -0.681. The lowest BCUT2D eigenvalue weighted by molar-refractivity contribution is -0.118. The number of amidine groups is 1. The number of alkyl halides is 3. The molecule has 3 rings (SSSR count). The van der Waals surface area contributed by atoms with Crippen LogP contribution < -0.4 is 10.6 Å². The number of halogens is 4. The third-order valence-corrected chi connectivity index (χ3v) is 4.30. The molecule has 2 N–H and O–H groups in total. The average Bonchev–Trinajstić information content (AvgIpc) is 3.04. The molecule has 0 saturated heterocycles. The predicted octanol–water partition coefficient (Wildman–Crippen LogP) is 4.08. The topological polar surface area (TPSA) is 63.7 Å². The summed E-state index contributed by atoms with van der Waals surface area (Å²) < 4.78 is 44.2. The molecule has 1 aliphatic rings. The number of anilines is 2. The molecule has 0 radical (unpaired) electrons. The van der Waals surface area contributed by atoms with Crippen LogP contribution >= 0.6 is 11.6 Å². The van der Waals surface area contributed by atoms with Gasteiger partial charge in [-0.2, -0.15) is 13.2 Å². The highest BCUT2D eigenvalue weighted by Gasteiger charge is 2.32. The first-order valence-electron chi connectivity index (χ1n) is 8.31. The third-order valence-electron chi connectivity index (χ3n) is 4.07. The van der Waals surface area contributed by atoms with Gasteiger partial charge in [-0.3, -0.25) is 0 Å². The number of nitrogens with zero attached hydrogens (tertiary/aromatic N) is 3. The second kappa shape index (κ2) is 8.04. The van der Waals surface area contributed by atoms with E-state index in [0.717, 1.165) is 23.3 Å². The molecule has 0 saturated carbocycles. The molecule has 2 heterocycles. The Morgan fingerprint density at radius 2 is 1.93 bits per heavy atom. The molecule has 27 heavy (non-hydrogen) atoms. The maximum absolute atomic E-state index is 13.0. The fourth-order valence-electron chi connectivity index (χ4n) is 2.77. The molecule has 144 valence electrons. The van der Waals surface area contributed by atoms with Crippen LogP contribution in [0, 0.1) is 0 Å². The van der Waals surface area contributed by atoms with E-state index in [1.54, 1.807) is 24.3 Å². The van der Waals surface area contributed by atoms with E-state index in [9.17, 15) is 13.2 Å². The van der Waals surface area contributed by atoms with E-state index in [2.05, 4.69) is 9.98 Å². The standard InChI is InChI=1S/C18H18ClF3N4O/c19-13-4-8-16(24-9-13)26(11-18(20,21)22)15-6-2-12(3-7-15)1-5-14-10-27-17(23)25-14/h2-4,6-9,14H,1,5,10-11H2,(H2,23,25)/t14-/m0/s1. The largest absolute Gasteiger partial charge is 0.463 e. The van der Waals surface area contributed by atoms with E-state index >= 15 is 0 Å². The lowest BCUT2D eigenvalue weighted by atomic mass is 10.1. The van der Waals surface area contributed by atoms with Crippen molar-refractivity contribution in [1.29, 1.82) is 0 Å². The van der Waals surface area contributed by atoms with Crippen molar-refractivity contribution >= 4 is 29.1 Å². The molecule has 1 aromatic carbocycles. The van der Waals surface area contributed by atoms with E-state index in [1.165, 1.54) is 18.3 Å². The Hall–Kier alpha value is -2.48. The lowest BCUT2D eigenvalue weighted by Gasteiger charge is -2.25. The van der Waals surface area contributed by atoms with Crippen molar-refractivity contribution in [3.05, 3.63) is 53.2 Å². The van der Waals surface area contributed by atoms with E-state index in [1.807, 2.05) is 0 Å². The van der Waals surface area contributed by atoms with Crippen molar-refractivity contribution in [2.24, 2.45) is 10.7 Å². The van der Waals surface area contributed by atoms with Crippen LogP contribution in [-0.2, 0) is 11.2 Å². The molecule has 0 fully saturated rings. The number of aromatic nitrogens is 1. The number of rotatable bonds is 6. The zero-order chi connectivity index (χ0) is 19.4. The number of hydrogen-bond acceptors (Lipinski definition) is 5. The molecule has 1 aromatic heterocycles. The highest BCUT2D eigenvalue weighted by molar-refractivity contribution is 6.30. The molecule has 0 aliphatic carbocycles. The summed E-state index contributed by atoms with van der Waals surface area (Å²) in [4.78, 5) is 9.27. The first-order chi connectivity index (χ1) is 12.8. The fourth-order valence-corrected chi connectivity index (χ4v) is 2.88. The maximum atomic E-state index is 13.0. The van der Waals surface area contributed by atoms with E-state index in [0.29, 0.717) is 17.3 Å². The smallest absolute Gasteiger partial charge is 0.406 e. The summed E-state index contributed by atoms with van der Waals surface area (Å²) in [6, 6.07) is 10.1. The summed E-state index contributed by atoms with van der Waals surface area (Å²) in [5, 5.41) is 0.361. The van der Waals surface area contributed by atoms with Crippen molar-refractivity contribution in [2.45, 2.75) is 25.1 Å². The molecule has 9 heteroatoms. The number of benzene rings is 1. The van der Waals surface area contributed by atoms with Gasteiger partial charge >= 0.3 is 6.18 Å². The number of ether oxygens (including phenoxy) is 1. The van der Waals surface area contributed by atoms with Crippen molar-refractivity contribution in [3.63, 3.8) is 0 Å². The van der Waals surface area contributed by atoms with E-state index in [-0.39, 0.29) is 17.9 Å². The minimum Gasteiger partial charge on any atom is -0.463 e. The van der Waals surface area contributed by atoms with Gasteiger partial charge in [0, 0.05) is 11.9 Å². The number of aliphatic imine (C=N–C) groups is 1. The van der Waals surface area contributed by atoms with Crippen LogP contribution in [0.5, 0.6) is 0 Å². The number of hydrogen-bond donors (Lipinski definition) is 1. The van der Waals surface area contributed by atoms with Crippen LogP contribution in [0.3, 0.4) is 0 Å². The molecule has 1 atom stereocenters. The molecular formula is C18H18ClF3N4O.